The van der Waals surface area contributed by atoms with E-state index in [1.54, 1.807) is 0 Å². The first-order valence-corrected chi connectivity index (χ1v) is 15.7. The normalized spacial score (nSPS) is 18.1. The molecule has 0 radical (unpaired) electrons. The highest BCUT2D eigenvalue weighted by Crippen LogP contribution is 2.35. The highest BCUT2D eigenvalue weighted by atomic mass is 35.5. The minimum atomic E-state index is -1.01. The number of piperidine rings is 1. The average molecular weight is 651 g/mol. The molecule has 0 aromatic heterocycles. The summed E-state index contributed by atoms with van der Waals surface area (Å²) in [5.74, 6) is 0.530. The van der Waals surface area contributed by atoms with E-state index in [9.17, 15) is 9.90 Å². The van der Waals surface area contributed by atoms with Crippen molar-refractivity contribution < 1.29 is 28.8 Å². The van der Waals surface area contributed by atoms with E-state index < -0.39 is 18.3 Å². The highest BCUT2D eigenvalue weighted by molar-refractivity contribution is 6.30. The first kappa shape index (κ1) is 32.8. The van der Waals surface area contributed by atoms with Gasteiger partial charge in [-0.2, -0.15) is 0 Å². The van der Waals surface area contributed by atoms with Gasteiger partial charge >= 0.3 is 6.09 Å². The van der Waals surface area contributed by atoms with Crippen LogP contribution in [0.1, 0.15) is 34.6 Å². The number of amides is 1. The fourth-order valence-corrected chi connectivity index (χ4v) is 5.60. The van der Waals surface area contributed by atoms with Crippen LogP contribution in [0.4, 0.5) is 4.79 Å². The van der Waals surface area contributed by atoms with Crippen molar-refractivity contribution in [2.75, 3.05) is 26.3 Å². The molecule has 0 spiro atoms. The van der Waals surface area contributed by atoms with Crippen LogP contribution in [-0.2, 0) is 34.0 Å². The molecule has 7 nitrogen and oxygen atoms in total. The number of carbonyl (C=O) groups is 1. The second-order valence-electron chi connectivity index (χ2n) is 11.0. The molecule has 1 fully saturated rings. The summed E-state index contributed by atoms with van der Waals surface area (Å²) in [6, 6.07) is 32.9. The second-order valence-corrected chi connectivity index (χ2v) is 11.8. The first-order chi connectivity index (χ1) is 21.9. The van der Waals surface area contributed by atoms with Gasteiger partial charge in [-0.25, -0.2) is 4.79 Å². The van der Waals surface area contributed by atoms with Crippen molar-refractivity contribution >= 4 is 29.3 Å². The van der Waals surface area contributed by atoms with Crippen molar-refractivity contribution in [1.82, 2.24) is 4.90 Å². The van der Waals surface area contributed by atoms with Gasteiger partial charge in [-0.3, -0.25) is 0 Å². The minimum Gasteiger partial charge on any atom is -0.494 e. The van der Waals surface area contributed by atoms with Crippen LogP contribution < -0.4 is 4.74 Å². The number of rotatable bonds is 14. The van der Waals surface area contributed by atoms with Crippen LogP contribution in [0.5, 0.6) is 5.75 Å². The summed E-state index contributed by atoms with van der Waals surface area (Å²) in [4.78, 5) is 13.5. The lowest BCUT2D eigenvalue weighted by Gasteiger charge is -2.42. The third-order valence-corrected chi connectivity index (χ3v) is 8.21. The molecule has 45 heavy (non-hydrogen) atoms. The summed E-state index contributed by atoms with van der Waals surface area (Å²) in [6.07, 6.45) is -1.14. The zero-order chi connectivity index (χ0) is 31.4. The van der Waals surface area contributed by atoms with E-state index in [4.69, 9.17) is 42.1 Å². The summed E-state index contributed by atoms with van der Waals surface area (Å²) < 4.78 is 24.6. The predicted molar refractivity (Wildman–Crippen MR) is 175 cm³/mol. The Balaban J connectivity index is 1.26. The smallest absolute Gasteiger partial charge is 0.407 e. The number of benzene rings is 4. The fraction of sp³-hybridized carbons (Fsp3) is 0.306. The largest absolute Gasteiger partial charge is 0.494 e. The van der Waals surface area contributed by atoms with Crippen LogP contribution in [0.2, 0.25) is 10.0 Å². The molecule has 1 heterocycles. The SMILES string of the molecule is O=C(O)N1C[C@H](OCc2ccc(Cl)cc2)[C@H](c2ccc(OCCCOCc3ccccc3)cc2)[C@H](OCc2ccc(Cl)cc2)C1. The molecular formula is C36H37Cl2NO6. The molecule has 0 aliphatic carbocycles. The molecule has 9 heteroatoms. The molecule has 0 saturated carbocycles. The number of carboxylic acid groups (broad SMARTS) is 1. The lowest BCUT2D eigenvalue weighted by molar-refractivity contribution is -0.0937. The van der Waals surface area contributed by atoms with E-state index in [1.807, 2.05) is 103 Å². The minimum absolute atomic E-state index is 0.218. The predicted octanol–water partition coefficient (Wildman–Crippen LogP) is 8.23. The second kappa shape index (κ2) is 16.6. The number of likely N-dealkylation sites (tertiary alicyclic amines) is 1. The maximum Gasteiger partial charge on any atom is 0.407 e. The third-order valence-electron chi connectivity index (χ3n) is 7.71. The number of halogens is 2. The van der Waals surface area contributed by atoms with Gasteiger partial charge in [-0.05, 0) is 58.7 Å². The summed E-state index contributed by atoms with van der Waals surface area (Å²) in [6.45, 7) is 2.77. The van der Waals surface area contributed by atoms with E-state index in [0.29, 0.717) is 43.1 Å². The van der Waals surface area contributed by atoms with Crippen LogP contribution in [0.15, 0.2) is 103 Å². The van der Waals surface area contributed by atoms with Crippen LogP contribution >= 0.6 is 23.2 Å². The van der Waals surface area contributed by atoms with E-state index in [-0.39, 0.29) is 19.0 Å². The number of nitrogens with zero attached hydrogens (tertiary/aromatic N) is 1. The molecule has 4 aromatic rings. The Bertz CT molecular complexity index is 1410. The van der Waals surface area contributed by atoms with Crippen molar-refractivity contribution in [3.8, 4) is 5.75 Å². The van der Waals surface area contributed by atoms with E-state index in [1.165, 1.54) is 4.90 Å². The van der Waals surface area contributed by atoms with Crippen LogP contribution in [0, 0.1) is 0 Å². The quantitative estimate of drug-likeness (QED) is 0.139. The molecule has 1 N–H and O–H groups in total. The first-order valence-electron chi connectivity index (χ1n) is 15.0. The molecule has 3 atom stereocenters. The van der Waals surface area contributed by atoms with E-state index in [2.05, 4.69) is 0 Å². The highest BCUT2D eigenvalue weighted by Gasteiger charge is 2.41. The summed E-state index contributed by atoms with van der Waals surface area (Å²) >= 11 is 12.1. The van der Waals surface area contributed by atoms with Crippen molar-refractivity contribution in [3.05, 3.63) is 135 Å². The molecule has 236 valence electrons. The number of ether oxygens (including phenoxy) is 4. The van der Waals surface area contributed by atoms with Crippen molar-refractivity contribution in [2.45, 2.75) is 44.4 Å². The van der Waals surface area contributed by atoms with Crippen LogP contribution in [0.3, 0.4) is 0 Å². The molecule has 4 aromatic carbocycles. The van der Waals surface area contributed by atoms with Gasteiger partial charge in [0.15, 0.2) is 0 Å². The molecule has 5 rings (SSSR count). The number of hydrogen-bond donors (Lipinski definition) is 1. The Morgan fingerprint density at radius 3 is 1.76 bits per heavy atom. The molecule has 0 unspecified atom stereocenters. The Kier molecular flexibility index (Phi) is 12.1. The van der Waals surface area contributed by atoms with E-state index >= 15 is 0 Å². The summed E-state index contributed by atoms with van der Waals surface area (Å²) in [7, 11) is 0. The van der Waals surface area contributed by atoms with Crippen LogP contribution in [0.25, 0.3) is 0 Å². The Labute approximate surface area is 274 Å². The zero-order valence-electron chi connectivity index (χ0n) is 24.9. The molecular weight excluding hydrogens is 613 g/mol. The average Bonchev–Trinajstić information content (AvgIpc) is 3.06. The van der Waals surface area contributed by atoms with Gasteiger partial charge in [0.05, 0.1) is 58.3 Å². The molecule has 1 aliphatic rings. The lowest BCUT2D eigenvalue weighted by atomic mass is 9.84. The van der Waals surface area contributed by atoms with Gasteiger partial charge in [-0.15, -0.1) is 0 Å². The third kappa shape index (κ3) is 9.95. The van der Waals surface area contributed by atoms with Gasteiger partial charge < -0.3 is 29.0 Å². The topological polar surface area (TPSA) is 77.5 Å². The lowest BCUT2D eigenvalue weighted by Crippen LogP contribution is -2.54. The van der Waals surface area contributed by atoms with Gasteiger partial charge in [0.1, 0.15) is 5.75 Å². The maximum atomic E-state index is 12.2. The monoisotopic (exact) mass is 649 g/mol. The Morgan fingerprint density at radius 1 is 0.689 bits per heavy atom. The molecule has 0 bridgehead atoms. The summed E-state index contributed by atoms with van der Waals surface area (Å²) in [5.41, 5.74) is 4.02. The van der Waals surface area contributed by atoms with Crippen molar-refractivity contribution in [3.63, 3.8) is 0 Å². The van der Waals surface area contributed by atoms with E-state index in [0.717, 1.165) is 34.4 Å². The fourth-order valence-electron chi connectivity index (χ4n) is 5.34. The van der Waals surface area contributed by atoms with Gasteiger partial charge in [-0.1, -0.05) is 89.9 Å². The summed E-state index contributed by atoms with van der Waals surface area (Å²) in [5, 5.41) is 11.2. The standard InChI is InChI=1S/C36H37Cl2NO6/c37-30-13-7-27(8-14-30)24-44-33-21-39(36(40)41)22-34(45-25-28-9-15-31(38)16-10-28)35(33)29-11-17-32(18-12-29)43-20-4-19-42-23-26-5-2-1-3-6-26/h1-3,5-18,33-35H,4,19-25H2,(H,40,41)/t33-,34+,35-. The van der Waals surface area contributed by atoms with Gasteiger partial charge in [0, 0.05) is 22.4 Å². The Morgan fingerprint density at radius 2 is 1.22 bits per heavy atom. The number of hydrogen-bond acceptors (Lipinski definition) is 5. The van der Waals surface area contributed by atoms with Gasteiger partial charge in [0.2, 0.25) is 0 Å². The molecule has 1 aliphatic heterocycles. The zero-order valence-corrected chi connectivity index (χ0v) is 26.4. The van der Waals surface area contributed by atoms with Gasteiger partial charge in [0.25, 0.3) is 0 Å². The van der Waals surface area contributed by atoms with Crippen LogP contribution in [-0.4, -0.2) is 54.6 Å². The van der Waals surface area contributed by atoms with Crippen molar-refractivity contribution in [2.24, 2.45) is 0 Å². The Hall–Kier alpha value is -3.59. The molecule has 1 saturated heterocycles. The van der Waals surface area contributed by atoms with Crippen molar-refractivity contribution in [1.29, 1.82) is 0 Å². The maximum absolute atomic E-state index is 12.2. The molecule has 1 amide bonds.